The number of pyridine rings is 1. The number of nitrogens with one attached hydrogen (secondary N) is 1. The molecule has 0 saturated carbocycles. The summed E-state index contributed by atoms with van der Waals surface area (Å²) in [5.41, 5.74) is 1.85. The Morgan fingerprint density at radius 2 is 1.91 bits per heavy atom. The number of benzene rings is 1. The van der Waals surface area contributed by atoms with Gasteiger partial charge in [0.15, 0.2) is 5.82 Å². The SMILES string of the molecule is S=c1[nH]nc(-c2ccncc2)n1/N=C/C(Cl)=C/c1ccccc1. The second-order valence-corrected chi connectivity index (χ2v) is 5.41. The van der Waals surface area contributed by atoms with Gasteiger partial charge in [-0.15, -0.1) is 0 Å². The van der Waals surface area contributed by atoms with Gasteiger partial charge in [-0.25, -0.2) is 5.10 Å². The molecule has 7 heteroatoms. The molecule has 0 atom stereocenters. The van der Waals surface area contributed by atoms with Crippen molar-refractivity contribution >= 4 is 36.1 Å². The molecule has 114 valence electrons. The highest BCUT2D eigenvalue weighted by Crippen LogP contribution is 2.16. The first-order chi connectivity index (χ1) is 11.2. The molecule has 3 aromatic rings. The van der Waals surface area contributed by atoms with E-state index in [0.29, 0.717) is 15.6 Å². The fourth-order valence-corrected chi connectivity index (χ4v) is 2.29. The van der Waals surface area contributed by atoms with Gasteiger partial charge in [0.25, 0.3) is 0 Å². The maximum absolute atomic E-state index is 6.21. The monoisotopic (exact) mass is 341 g/mol. The molecule has 5 nitrogen and oxygen atoms in total. The Morgan fingerprint density at radius 3 is 2.65 bits per heavy atom. The second kappa shape index (κ2) is 7.13. The van der Waals surface area contributed by atoms with Gasteiger partial charge in [0.1, 0.15) is 0 Å². The Labute approximate surface area is 143 Å². The molecule has 0 saturated heterocycles. The van der Waals surface area contributed by atoms with Crippen molar-refractivity contribution in [2.75, 3.05) is 0 Å². The lowest BCUT2D eigenvalue weighted by Crippen LogP contribution is -1.94. The van der Waals surface area contributed by atoms with Crippen molar-refractivity contribution in [1.29, 1.82) is 0 Å². The fraction of sp³-hybridized carbons (Fsp3) is 0. The first-order valence-corrected chi connectivity index (χ1v) is 7.57. The molecule has 0 aliphatic carbocycles. The number of halogens is 1. The summed E-state index contributed by atoms with van der Waals surface area (Å²) in [5, 5.41) is 11.7. The number of allylic oxidation sites excluding steroid dienone is 1. The van der Waals surface area contributed by atoms with E-state index in [1.54, 1.807) is 12.4 Å². The van der Waals surface area contributed by atoms with Crippen LogP contribution in [-0.4, -0.2) is 26.1 Å². The highest BCUT2D eigenvalue weighted by molar-refractivity contribution is 7.71. The van der Waals surface area contributed by atoms with Gasteiger partial charge >= 0.3 is 0 Å². The predicted octanol–water partition coefficient (Wildman–Crippen LogP) is 4.12. The molecule has 0 fully saturated rings. The summed E-state index contributed by atoms with van der Waals surface area (Å²) < 4.78 is 1.91. The summed E-state index contributed by atoms with van der Waals surface area (Å²) in [6.07, 6.45) is 6.72. The average Bonchev–Trinajstić information content (AvgIpc) is 2.95. The van der Waals surface area contributed by atoms with Crippen LogP contribution in [0, 0.1) is 4.77 Å². The normalized spacial score (nSPS) is 12.0. The molecule has 1 aromatic carbocycles. The van der Waals surface area contributed by atoms with E-state index in [0.717, 1.165) is 11.1 Å². The minimum Gasteiger partial charge on any atom is -0.265 e. The highest BCUT2D eigenvalue weighted by Gasteiger charge is 2.07. The largest absolute Gasteiger partial charge is 0.265 e. The first kappa shape index (κ1) is 15.3. The standard InChI is InChI=1S/C16H12ClN5S/c17-14(10-12-4-2-1-3-5-12)11-19-22-15(20-21-16(22)23)13-6-8-18-9-7-13/h1-11H,(H,21,23)/b14-10-,19-11+. The summed E-state index contributed by atoms with van der Waals surface area (Å²) in [6, 6.07) is 13.4. The van der Waals surface area contributed by atoms with Gasteiger partial charge in [0.05, 0.1) is 11.2 Å². The van der Waals surface area contributed by atoms with Crippen LogP contribution in [0.2, 0.25) is 0 Å². The molecule has 1 N–H and O–H groups in total. The van der Waals surface area contributed by atoms with Crippen LogP contribution in [-0.2, 0) is 0 Å². The van der Waals surface area contributed by atoms with Crippen LogP contribution in [0.1, 0.15) is 5.56 Å². The van der Waals surface area contributed by atoms with Crippen LogP contribution >= 0.6 is 23.8 Å². The van der Waals surface area contributed by atoms with Crippen LogP contribution in [0.3, 0.4) is 0 Å². The number of hydrogen-bond donors (Lipinski definition) is 1. The van der Waals surface area contributed by atoms with Crippen LogP contribution in [0.25, 0.3) is 17.5 Å². The predicted molar refractivity (Wildman–Crippen MR) is 94.8 cm³/mol. The second-order valence-electron chi connectivity index (χ2n) is 4.58. The number of rotatable bonds is 4. The lowest BCUT2D eigenvalue weighted by molar-refractivity contribution is 0.872. The minimum atomic E-state index is 0.386. The highest BCUT2D eigenvalue weighted by atomic mass is 35.5. The first-order valence-electron chi connectivity index (χ1n) is 6.78. The van der Waals surface area contributed by atoms with E-state index < -0.39 is 0 Å². The zero-order valence-corrected chi connectivity index (χ0v) is 13.5. The third kappa shape index (κ3) is 3.80. The third-order valence-electron chi connectivity index (χ3n) is 2.99. The van der Waals surface area contributed by atoms with Gasteiger partial charge in [0.2, 0.25) is 4.77 Å². The molecule has 2 aromatic heterocycles. The third-order valence-corrected chi connectivity index (χ3v) is 3.46. The molecule has 0 aliphatic heterocycles. The van der Waals surface area contributed by atoms with Gasteiger partial charge < -0.3 is 0 Å². The van der Waals surface area contributed by atoms with Gasteiger partial charge in [-0.3, -0.25) is 4.98 Å². The summed E-state index contributed by atoms with van der Waals surface area (Å²) >= 11 is 11.4. The van der Waals surface area contributed by atoms with Gasteiger partial charge in [0, 0.05) is 18.0 Å². The van der Waals surface area contributed by atoms with E-state index in [4.69, 9.17) is 23.8 Å². The Bertz CT molecular complexity index is 897. The molecule has 0 bridgehead atoms. The quantitative estimate of drug-likeness (QED) is 0.573. The van der Waals surface area contributed by atoms with E-state index >= 15 is 0 Å². The van der Waals surface area contributed by atoms with Crippen LogP contribution in [0.4, 0.5) is 0 Å². The molecule has 0 aliphatic rings. The maximum atomic E-state index is 6.21. The number of hydrogen-bond acceptors (Lipinski definition) is 4. The molecule has 3 rings (SSSR count). The Balaban J connectivity index is 1.90. The Morgan fingerprint density at radius 1 is 1.17 bits per heavy atom. The van der Waals surface area contributed by atoms with Crippen molar-refractivity contribution in [2.45, 2.75) is 0 Å². The summed E-state index contributed by atoms with van der Waals surface area (Å²) in [4.78, 5) is 3.99. The van der Waals surface area contributed by atoms with E-state index in [9.17, 15) is 0 Å². The zero-order valence-electron chi connectivity index (χ0n) is 11.9. The topological polar surface area (TPSA) is 58.9 Å². The van der Waals surface area contributed by atoms with Gasteiger partial charge in [-0.1, -0.05) is 41.9 Å². The van der Waals surface area contributed by atoms with Crippen molar-refractivity contribution in [3.63, 3.8) is 0 Å². The molecular formula is C16H12ClN5S. The summed E-state index contributed by atoms with van der Waals surface area (Å²) in [5.74, 6) is 0.595. The van der Waals surface area contributed by atoms with Gasteiger partial charge in [-0.2, -0.15) is 14.9 Å². The summed E-state index contributed by atoms with van der Waals surface area (Å²) in [6.45, 7) is 0. The molecule has 0 amide bonds. The Kier molecular flexibility index (Phi) is 4.75. The van der Waals surface area contributed by atoms with Crippen LogP contribution in [0.5, 0.6) is 0 Å². The number of H-pyrrole nitrogens is 1. The van der Waals surface area contributed by atoms with Gasteiger partial charge in [-0.05, 0) is 36.0 Å². The van der Waals surface area contributed by atoms with E-state index in [-0.39, 0.29) is 0 Å². The smallest absolute Gasteiger partial charge is 0.216 e. The minimum absolute atomic E-state index is 0.386. The number of aromatic nitrogens is 4. The van der Waals surface area contributed by atoms with E-state index in [2.05, 4.69) is 20.3 Å². The van der Waals surface area contributed by atoms with Crippen LogP contribution in [0.15, 0.2) is 65.0 Å². The van der Waals surface area contributed by atoms with E-state index in [1.165, 1.54) is 10.9 Å². The lowest BCUT2D eigenvalue weighted by Gasteiger charge is -2.00. The van der Waals surface area contributed by atoms with Crippen LogP contribution < -0.4 is 0 Å². The summed E-state index contributed by atoms with van der Waals surface area (Å²) in [7, 11) is 0. The van der Waals surface area contributed by atoms with Crippen molar-refractivity contribution < 1.29 is 0 Å². The number of aromatic amines is 1. The molecule has 0 unspecified atom stereocenters. The molecule has 2 heterocycles. The zero-order chi connectivity index (χ0) is 16.1. The molecule has 23 heavy (non-hydrogen) atoms. The maximum Gasteiger partial charge on any atom is 0.216 e. The molecular weight excluding hydrogens is 330 g/mol. The average molecular weight is 342 g/mol. The van der Waals surface area contributed by atoms with Crippen molar-refractivity contribution in [2.24, 2.45) is 5.10 Å². The van der Waals surface area contributed by atoms with Crippen molar-refractivity contribution in [3.05, 3.63) is 70.2 Å². The molecule has 0 spiro atoms. The fourth-order valence-electron chi connectivity index (χ4n) is 1.95. The van der Waals surface area contributed by atoms with Crippen molar-refractivity contribution in [3.8, 4) is 11.4 Å². The molecule has 0 radical (unpaired) electrons. The van der Waals surface area contributed by atoms with E-state index in [1.807, 2.05) is 48.5 Å². The lowest BCUT2D eigenvalue weighted by atomic mass is 10.2. The number of nitrogens with zero attached hydrogens (tertiary/aromatic N) is 4. The van der Waals surface area contributed by atoms with Crippen molar-refractivity contribution in [1.82, 2.24) is 19.9 Å². The Hall–Kier alpha value is -2.57.